The fraction of sp³-hybridized carbons (Fsp3) is 0.304. The monoisotopic (exact) mass is 395 g/mol. The third-order valence-electron chi connectivity index (χ3n) is 5.13. The van der Waals surface area contributed by atoms with Gasteiger partial charge in [-0.25, -0.2) is 0 Å². The molecule has 6 heteroatoms. The molecule has 0 bridgehead atoms. The van der Waals surface area contributed by atoms with Gasteiger partial charge in [0.05, 0.1) is 25.8 Å². The minimum absolute atomic E-state index is 0.177. The quantitative estimate of drug-likeness (QED) is 0.739. The third kappa shape index (κ3) is 3.97. The van der Waals surface area contributed by atoms with Crippen molar-refractivity contribution in [3.05, 3.63) is 71.0 Å². The van der Waals surface area contributed by atoms with Gasteiger partial charge in [0, 0.05) is 13.0 Å². The molecule has 3 rings (SSSR count). The Hall–Kier alpha value is -3.28. The van der Waals surface area contributed by atoms with E-state index in [1.54, 1.807) is 26.0 Å². The minimum Gasteiger partial charge on any atom is -0.503 e. The van der Waals surface area contributed by atoms with Crippen LogP contribution >= 0.6 is 0 Å². The van der Waals surface area contributed by atoms with Gasteiger partial charge < -0.3 is 19.5 Å². The molecule has 1 N–H and O–H groups in total. The van der Waals surface area contributed by atoms with Gasteiger partial charge in [0.1, 0.15) is 0 Å². The van der Waals surface area contributed by atoms with Crippen LogP contribution < -0.4 is 9.47 Å². The molecule has 6 nitrogen and oxygen atoms in total. The molecule has 0 saturated heterocycles. The number of rotatable bonds is 8. The highest BCUT2D eigenvalue weighted by atomic mass is 16.5. The molecule has 1 unspecified atom stereocenters. The van der Waals surface area contributed by atoms with Crippen LogP contribution in [0.15, 0.2) is 59.9 Å². The van der Waals surface area contributed by atoms with Crippen LogP contribution in [-0.4, -0.2) is 42.5 Å². The van der Waals surface area contributed by atoms with Gasteiger partial charge >= 0.3 is 0 Å². The predicted octanol–water partition coefficient (Wildman–Crippen LogP) is 3.62. The van der Waals surface area contributed by atoms with Crippen LogP contribution in [0, 0.1) is 0 Å². The number of hydrogen-bond acceptors (Lipinski definition) is 5. The van der Waals surface area contributed by atoms with E-state index in [-0.39, 0.29) is 17.8 Å². The summed E-state index contributed by atoms with van der Waals surface area (Å²) in [7, 11) is 3.15. The lowest BCUT2D eigenvalue weighted by Gasteiger charge is -2.27. The molecule has 1 amide bonds. The summed E-state index contributed by atoms with van der Waals surface area (Å²) < 4.78 is 10.6. The number of Topliss-reactive ketones (excluding diaryl/α,β-unsaturated/α-hetero) is 1. The largest absolute Gasteiger partial charge is 0.503 e. The molecular weight excluding hydrogens is 370 g/mol. The van der Waals surface area contributed by atoms with Gasteiger partial charge in [0.25, 0.3) is 5.91 Å². The van der Waals surface area contributed by atoms with Crippen LogP contribution in [0.25, 0.3) is 0 Å². The SMILES string of the molecule is CCC(=O)C1=C(O)C(=O)N(CCc2ccc(OC)c(OC)c2)C1c1ccccc1. The summed E-state index contributed by atoms with van der Waals surface area (Å²) in [6.07, 6.45) is 0.760. The molecule has 0 saturated carbocycles. The second kappa shape index (κ2) is 8.82. The number of ketones is 1. The topological polar surface area (TPSA) is 76.1 Å². The highest BCUT2D eigenvalue weighted by Crippen LogP contribution is 2.38. The summed E-state index contributed by atoms with van der Waals surface area (Å²) in [5.41, 5.74) is 1.93. The first-order valence-electron chi connectivity index (χ1n) is 9.54. The molecule has 2 aromatic carbocycles. The number of nitrogens with zero attached hydrogens (tertiary/aromatic N) is 1. The number of aliphatic hydroxyl groups excluding tert-OH is 1. The maximum atomic E-state index is 12.8. The highest BCUT2D eigenvalue weighted by Gasteiger charge is 2.42. The van der Waals surface area contributed by atoms with Gasteiger partial charge in [0.15, 0.2) is 23.0 Å². The van der Waals surface area contributed by atoms with Crippen molar-refractivity contribution < 1.29 is 24.2 Å². The number of benzene rings is 2. The maximum Gasteiger partial charge on any atom is 0.290 e. The summed E-state index contributed by atoms with van der Waals surface area (Å²) in [4.78, 5) is 26.8. The number of carbonyl (C=O) groups excluding carboxylic acids is 2. The molecule has 2 aromatic rings. The first-order chi connectivity index (χ1) is 14.0. The average Bonchev–Trinajstić information content (AvgIpc) is 3.02. The van der Waals surface area contributed by atoms with Crippen LogP contribution in [0.4, 0.5) is 0 Å². The van der Waals surface area contributed by atoms with Crippen molar-refractivity contribution in [3.8, 4) is 11.5 Å². The van der Waals surface area contributed by atoms with Gasteiger partial charge in [-0.2, -0.15) is 0 Å². The van der Waals surface area contributed by atoms with E-state index in [9.17, 15) is 14.7 Å². The van der Waals surface area contributed by atoms with Crippen molar-refractivity contribution in [2.45, 2.75) is 25.8 Å². The van der Waals surface area contributed by atoms with Gasteiger partial charge in [-0.3, -0.25) is 9.59 Å². The van der Waals surface area contributed by atoms with E-state index in [1.165, 1.54) is 0 Å². The fourth-order valence-corrected chi connectivity index (χ4v) is 3.63. The molecule has 0 spiro atoms. The van der Waals surface area contributed by atoms with E-state index in [1.807, 2.05) is 48.5 Å². The van der Waals surface area contributed by atoms with Gasteiger partial charge in [-0.15, -0.1) is 0 Å². The zero-order valence-electron chi connectivity index (χ0n) is 16.8. The smallest absolute Gasteiger partial charge is 0.290 e. The van der Waals surface area contributed by atoms with E-state index in [2.05, 4.69) is 0 Å². The van der Waals surface area contributed by atoms with Crippen LogP contribution in [-0.2, 0) is 16.0 Å². The lowest BCUT2D eigenvalue weighted by Crippen LogP contribution is -2.33. The Morgan fingerprint density at radius 2 is 1.76 bits per heavy atom. The molecule has 152 valence electrons. The predicted molar refractivity (Wildman–Crippen MR) is 109 cm³/mol. The van der Waals surface area contributed by atoms with Crippen LogP contribution in [0.5, 0.6) is 11.5 Å². The second-order valence-corrected chi connectivity index (χ2v) is 6.79. The summed E-state index contributed by atoms with van der Waals surface area (Å²) in [6, 6.07) is 14.3. The summed E-state index contributed by atoms with van der Waals surface area (Å²) in [5.74, 6) is 0.0541. The zero-order chi connectivity index (χ0) is 21.0. The van der Waals surface area contributed by atoms with Gasteiger partial charge in [0.2, 0.25) is 0 Å². The van der Waals surface area contributed by atoms with E-state index < -0.39 is 17.7 Å². The van der Waals surface area contributed by atoms with Crippen LogP contribution in [0.3, 0.4) is 0 Å². The van der Waals surface area contributed by atoms with E-state index >= 15 is 0 Å². The molecule has 1 aliphatic heterocycles. The van der Waals surface area contributed by atoms with Crippen LogP contribution in [0.2, 0.25) is 0 Å². The number of ether oxygens (including phenoxy) is 2. The number of hydrogen-bond donors (Lipinski definition) is 1. The highest BCUT2D eigenvalue weighted by molar-refractivity contribution is 6.08. The molecule has 1 aliphatic rings. The first-order valence-corrected chi connectivity index (χ1v) is 9.54. The van der Waals surface area contributed by atoms with E-state index in [0.29, 0.717) is 24.5 Å². The fourth-order valence-electron chi connectivity index (χ4n) is 3.63. The van der Waals surface area contributed by atoms with Crippen molar-refractivity contribution in [1.29, 1.82) is 0 Å². The molecule has 0 aromatic heterocycles. The number of methoxy groups -OCH3 is 2. The summed E-state index contributed by atoms with van der Waals surface area (Å²) >= 11 is 0. The van der Waals surface area contributed by atoms with Crippen molar-refractivity contribution >= 4 is 11.7 Å². The van der Waals surface area contributed by atoms with Gasteiger partial charge in [-0.1, -0.05) is 43.3 Å². The standard InChI is InChI=1S/C23H25NO5/c1-4-17(25)20-21(16-8-6-5-7-9-16)24(23(27)22(20)26)13-12-15-10-11-18(28-2)19(14-15)29-3/h5-11,14,21,26H,4,12-13H2,1-3H3. The lowest BCUT2D eigenvalue weighted by molar-refractivity contribution is -0.129. The summed E-state index contributed by atoms with van der Waals surface area (Å²) in [6.45, 7) is 2.07. The van der Waals surface area contributed by atoms with Gasteiger partial charge in [-0.05, 0) is 29.7 Å². The van der Waals surface area contributed by atoms with Crippen molar-refractivity contribution in [2.24, 2.45) is 0 Å². The second-order valence-electron chi connectivity index (χ2n) is 6.79. The molecule has 0 radical (unpaired) electrons. The molecule has 1 atom stereocenters. The molecule has 29 heavy (non-hydrogen) atoms. The first kappa shape index (κ1) is 20.5. The number of carbonyl (C=O) groups is 2. The zero-order valence-corrected chi connectivity index (χ0v) is 16.8. The van der Waals surface area contributed by atoms with Crippen molar-refractivity contribution in [1.82, 2.24) is 4.90 Å². The van der Waals surface area contributed by atoms with E-state index in [4.69, 9.17) is 9.47 Å². The molecule has 0 fully saturated rings. The number of amides is 1. The number of aliphatic hydroxyl groups is 1. The molecule has 1 heterocycles. The molecular formula is C23H25NO5. The maximum absolute atomic E-state index is 12.8. The Morgan fingerprint density at radius 1 is 1.07 bits per heavy atom. The van der Waals surface area contributed by atoms with E-state index in [0.717, 1.165) is 11.1 Å². The Kier molecular flexibility index (Phi) is 6.22. The van der Waals surface area contributed by atoms with Crippen molar-refractivity contribution in [2.75, 3.05) is 20.8 Å². The Balaban J connectivity index is 1.89. The molecule has 0 aliphatic carbocycles. The normalized spacial score (nSPS) is 16.3. The summed E-state index contributed by atoms with van der Waals surface area (Å²) in [5, 5.41) is 10.4. The Morgan fingerprint density at radius 3 is 2.38 bits per heavy atom. The van der Waals surface area contributed by atoms with Crippen molar-refractivity contribution in [3.63, 3.8) is 0 Å². The van der Waals surface area contributed by atoms with Crippen LogP contribution in [0.1, 0.15) is 30.5 Å². The Bertz CT molecular complexity index is 936. The Labute approximate surface area is 170 Å². The average molecular weight is 395 g/mol. The lowest BCUT2D eigenvalue weighted by atomic mass is 9.95. The third-order valence-corrected chi connectivity index (χ3v) is 5.13. The minimum atomic E-state index is -0.587.